The predicted molar refractivity (Wildman–Crippen MR) is 106 cm³/mol. The molecule has 2 fully saturated rings. The van der Waals surface area contributed by atoms with E-state index in [1.165, 1.54) is 13.8 Å². The number of hydrogen-bond acceptors (Lipinski definition) is 8. The molecule has 0 radical (unpaired) electrons. The molecule has 0 amide bonds. The number of esters is 1. The van der Waals surface area contributed by atoms with Crippen LogP contribution < -0.4 is 9.47 Å². The van der Waals surface area contributed by atoms with E-state index < -0.39 is 23.0 Å². The number of carbonyl (C=O) groups is 2. The fourth-order valence-corrected chi connectivity index (χ4v) is 4.30. The lowest BCUT2D eigenvalue weighted by Crippen LogP contribution is -2.44. The zero-order valence-electron chi connectivity index (χ0n) is 18.0. The van der Waals surface area contributed by atoms with Gasteiger partial charge in [0.1, 0.15) is 11.5 Å². The number of ether oxygens (including phenoxy) is 6. The van der Waals surface area contributed by atoms with Crippen molar-refractivity contribution in [1.82, 2.24) is 0 Å². The van der Waals surface area contributed by atoms with Gasteiger partial charge in [0, 0.05) is 38.2 Å². The van der Waals surface area contributed by atoms with E-state index in [1.807, 2.05) is 12.1 Å². The van der Waals surface area contributed by atoms with Crippen molar-refractivity contribution in [1.29, 1.82) is 0 Å². The van der Waals surface area contributed by atoms with Crippen molar-refractivity contribution in [2.75, 3.05) is 27.4 Å². The molecule has 1 aliphatic heterocycles. The molecule has 1 saturated heterocycles. The molecule has 2 aliphatic rings. The Morgan fingerprint density at radius 2 is 1.60 bits per heavy atom. The molecule has 1 aromatic carbocycles. The molecule has 1 spiro atoms. The van der Waals surface area contributed by atoms with Gasteiger partial charge in [0.05, 0.1) is 33.9 Å². The quantitative estimate of drug-likeness (QED) is 0.359. The maximum atomic E-state index is 12.9. The topological polar surface area (TPSA) is 89.5 Å². The number of benzene rings is 1. The first-order chi connectivity index (χ1) is 14.3. The van der Waals surface area contributed by atoms with Gasteiger partial charge in [0.2, 0.25) is 0 Å². The molecule has 0 unspecified atom stereocenters. The second-order valence-electron chi connectivity index (χ2n) is 8.25. The lowest BCUT2D eigenvalue weighted by Gasteiger charge is -2.44. The molecular formula is C22H30O8. The third kappa shape index (κ3) is 4.87. The molecule has 0 atom stereocenters. The average Bonchev–Trinajstić information content (AvgIpc) is 3.17. The first kappa shape index (κ1) is 22.4. The van der Waals surface area contributed by atoms with E-state index in [0.29, 0.717) is 50.4 Å². The maximum Gasteiger partial charge on any atom is 0.309 e. The largest absolute Gasteiger partial charge is 0.497 e. The Morgan fingerprint density at radius 3 is 2.10 bits per heavy atom. The molecule has 3 rings (SSSR count). The Balaban J connectivity index is 1.90. The van der Waals surface area contributed by atoms with Crippen LogP contribution in [0.4, 0.5) is 0 Å². The number of rotatable bonds is 8. The van der Waals surface area contributed by atoms with Crippen LogP contribution in [0.15, 0.2) is 18.2 Å². The first-order valence-electron chi connectivity index (χ1n) is 10.1. The molecule has 8 nitrogen and oxygen atoms in total. The Morgan fingerprint density at radius 1 is 1.03 bits per heavy atom. The third-order valence-corrected chi connectivity index (χ3v) is 5.92. The van der Waals surface area contributed by atoms with Gasteiger partial charge in [-0.05, 0) is 30.5 Å². The van der Waals surface area contributed by atoms with Gasteiger partial charge in [-0.2, -0.15) is 0 Å². The molecule has 1 aliphatic carbocycles. The minimum Gasteiger partial charge on any atom is -0.497 e. The van der Waals surface area contributed by atoms with Gasteiger partial charge in [-0.25, -0.2) is 0 Å². The second-order valence-corrected chi connectivity index (χ2v) is 8.25. The van der Waals surface area contributed by atoms with Gasteiger partial charge in [-0.3, -0.25) is 9.59 Å². The molecule has 166 valence electrons. The lowest BCUT2D eigenvalue weighted by molar-refractivity contribution is -0.211. The van der Waals surface area contributed by atoms with Crippen LogP contribution in [0.1, 0.15) is 51.5 Å². The zero-order chi connectivity index (χ0) is 21.8. The first-order valence-corrected chi connectivity index (χ1v) is 10.1. The summed E-state index contributed by atoms with van der Waals surface area (Å²) in [7, 11) is 3.18. The van der Waals surface area contributed by atoms with Crippen LogP contribution in [0.5, 0.6) is 11.5 Å². The summed E-state index contributed by atoms with van der Waals surface area (Å²) in [6, 6.07) is 5.65. The van der Waals surface area contributed by atoms with Gasteiger partial charge in [0.25, 0.3) is 12.3 Å². The molecule has 0 bridgehead atoms. The van der Waals surface area contributed by atoms with Crippen LogP contribution in [0, 0.1) is 0 Å². The van der Waals surface area contributed by atoms with Gasteiger partial charge in [-0.15, -0.1) is 0 Å². The smallest absolute Gasteiger partial charge is 0.309 e. The van der Waals surface area contributed by atoms with Gasteiger partial charge >= 0.3 is 5.97 Å². The van der Waals surface area contributed by atoms with Crippen molar-refractivity contribution in [2.45, 2.75) is 62.9 Å². The van der Waals surface area contributed by atoms with Gasteiger partial charge in [-0.1, -0.05) is 0 Å². The van der Waals surface area contributed by atoms with E-state index in [9.17, 15) is 9.59 Å². The summed E-state index contributed by atoms with van der Waals surface area (Å²) >= 11 is 0. The molecule has 1 aromatic rings. The van der Waals surface area contributed by atoms with Crippen LogP contribution in [0.25, 0.3) is 0 Å². The van der Waals surface area contributed by atoms with Crippen molar-refractivity contribution in [3.05, 3.63) is 23.8 Å². The third-order valence-electron chi connectivity index (χ3n) is 5.92. The Bertz CT molecular complexity index is 734. The van der Waals surface area contributed by atoms with E-state index in [1.54, 1.807) is 20.3 Å². The zero-order valence-corrected chi connectivity index (χ0v) is 18.0. The van der Waals surface area contributed by atoms with E-state index in [-0.39, 0.29) is 12.9 Å². The summed E-state index contributed by atoms with van der Waals surface area (Å²) in [6.07, 6.45) is 2.76. The van der Waals surface area contributed by atoms with Crippen molar-refractivity contribution in [3.63, 3.8) is 0 Å². The van der Waals surface area contributed by atoms with E-state index >= 15 is 0 Å². The normalized spacial score (nSPS) is 19.9. The summed E-state index contributed by atoms with van der Waals surface area (Å²) in [5.74, 6) is -1.06. The molecule has 0 aromatic heterocycles. The van der Waals surface area contributed by atoms with Crippen LogP contribution in [-0.2, 0) is 34.0 Å². The summed E-state index contributed by atoms with van der Waals surface area (Å²) < 4.78 is 32.9. The minimum absolute atomic E-state index is 0.116. The molecule has 8 heteroatoms. The van der Waals surface area contributed by atoms with Crippen LogP contribution in [0.2, 0.25) is 0 Å². The molecule has 30 heavy (non-hydrogen) atoms. The Labute approximate surface area is 176 Å². The highest BCUT2D eigenvalue weighted by Gasteiger charge is 2.48. The fraction of sp³-hybridized carbons (Fsp3) is 0.636. The minimum atomic E-state index is -1.33. The molecule has 1 heterocycles. The second kappa shape index (κ2) is 8.81. The fourth-order valence-electron chi connectivity index (χ4n) is 4.30. The van der Waals surface area contributed by atoms with Gasteiger partial charge < -0.3 is 28.4 Å². The Kier molecular flexibility index (Phi) is 6.57. The van der Waals surface area contributed by atoms with E-state index in [4.69, 9.17) is 28.4 Å². The highest BCUT2D eigenvalue weighted by atomic mass is 16.7. The lowest BCUT2D eigenvalue weighted by atomic mass is 9.65. The average molecular weight is 422 g/mol. The summed E-state index contributed by atoms with van der Waals surface area (Å²) in [4.78, 5) is 23.6. The molecule has 1 saturated carbocycles. The predicted octanol–water partition coefficient (Wildman–Crippen LogP) is 3.10. The SMILES string of the molecule is COc1cc(OC)cc(C2(CC(=O)OC(C)(C)OC=O)CCC3(CC2)OCCO3)c1. The van der Waals surface area contributed by atoms with E-state index in [2.05, 4.69) is 0 Å². The van der Waals surface area contributed by atoms with Crippen LogP contribution in [0.3, 0.4) is 0 Å². The van der Waals surface area contributed by atoms with Crippen LogP contribution in [-0.4, -0.2) is 51.4 Å². The molecule has 0 N–H and O–H groups in total. The summed E-state index contributed by atoms with van der Waals surface area (Å²) in [6.45, 7) is 4.49. The van der Waals surface area contributed by atoms with Gasteiger partial charge in [0.15, 0.2) is 5.79 Å². The maximum absolute atomic E-state index is 12.9. The number of carbonyl (C=O) groups excluding carboxylic acids is 2. The summed E-state index contributed by atoms with van der Waals surface area (Å²) in [5.41, 5.74) is 0.411. The summed E-state index contributed by atoms with van der Waals surface area (Å²) in [5, 5.41) is 0. The van der Waals surface area contributed by atoms with E-state index in [0.717, 1.165) is 5.56 Å². The van der Waals surface area contributed by atoms with Crippen molar-refractivity contribution < 1.29 is 38.0 Å². The van der Waals surface area contributed by atoms with Crippen LogP contribution >= 0.6 is 0 Å². The standard InChI is InChI=1S/C22H30O8/c1-20(2,29-15-23)30-19(24)14-21(5-7-22(8-6-21)27-9-10-28-22)16-11-17(25-3)13-18(12-16)26-4/h11-13,15H,5-10,14H2,1-4H3. The van der Waals surface area contributed by atoms with Crippen molar-refractivity contribution in [2.24, 2.45) is 0 Å². The van der Waals surface area contributed by atoms with Crippen molar-refractivity contribution in [3.8, 4) is 11.5 Å². The highest BCUT2D eigenvalue weighted by Crippen LogP contribution is 2.49. The highest BCUT2D eigenvalue weighted by molar-refractivity contribution is 5.72. The molecular weight excluding hydrogens is 392 g/mol. The monoisotopic (exact) mass is 422 g/mol. The number of hydrogen-bond donors (Lipinski definition) is 0. The Hall–Kier alpha value is -2.32. The number of methoxy groups -OCH3 is 2. The van der Waals surface area contributed by atoms with Crippen molar-refractivity contribution >= 4 is 12.4 Å².